The van der Waals surface area contributed by atoms with Crippen LogP contribution in [0.15, 0.2) is 41.2 Å². The molecule has 1 heterocycles. The number of fused-ring (bicyclic) bond motifs is 1. The minimum absolute atomic E-state index is 0.0371. The molecule has 0 aliphatic rings. The van der Waals surface area contributed by atoms with Gasteiger partial charge in [0.25, 0.3) is 5.56 Å². The van der Waals surface area contributed by atoms with Crippen LogP contribution in [0.2, 0.25) is 0 Å². The molecule has 0 amide bonds. The molecule has 0 aliphatic heterocycles. The van der Waals surface area contributed by atoms with Crippen molar-refractivity contribution in [2.24, 2.45) is 0 Å². The normalized spacial score (nSPS) is 12.0. The number of aromatic nitrogens is 2. The molecule has 6 heteroatoms. The van der Waals surface area contributed by atoms with Crippen LogP contribution in [0.25, 0.3) is 10.8 Å². The van der Waals surface area contributed by atoms with E-state index in [0.717, 1.165) is 16.7 Å². The quantitative estimate of drug-likeness (QED) is 0.454. The van der Waals surface area contributed by atoms with Crippen LogP contribution in [0.4, 0.5) is 0 Å². The van der Waals surface area contributed by atoms with Crippen LogP contribution in [0.1, 0.15) is 57.8 Å². The number of benzene rings is 2. The highest BCUT2D eigenvalue weighted by atomic mass is 16.5. The molecular formula is C24H26N2O4. The van der Waals surface area contributed by atoms with Crippen LogP contribution in [0, 0.1) is 20.8 Å². The number of nitrogens with zero attached hydrogens (tertiary/aromatic N) is 2. The predicted octanol–water partition coefficient (Wildman–Crippen LogP) is 4.16. The summed E-state index contributed by atoms with van der Waals surface area (Å²) in [6.07, 6.45) is -0.286. The molecule has 1 atom stereocenters. The largest absolute Gasteiger partial charge is 0.449 e. The first-order valence-corrected chi connectivity index (χ1v) is 10.1. The Labute approximate surface area is 175 Å². The van der Waals surface area contributed by atoms with Crippen molar-refractivity contribution in [2.45, 2.75) is 53.7 Å². The molecule has 0 aliphatic carbocycles. The summed E-state index contributed by atoms with van der Waals surface area (Å²) in [6, 6.07) is 10.6. The standard InChI is InChI=1S/C24H26N2O4/c1-6-11-26-23(28)19-10-8-7-9-18(19)21(25-26)24(29)30-17(5)22(27)20-13-15(3)14(2)12-16(20)4/h7-10,12-13,17H,6,11H2,1-5H3. The summed E-state index contributed by atoms with van der Waals surface area (Å²) in [5.41, 5.74) is 3.26. The summed E-state index contributed by atoms with van der Waals surface area (Å²) in [6.45, 7) is 9.66. The molecule has 0 spiro atoms. The zero-order valence-electron chi connectivity index (χ0n) is 18.0. The number of esters is 1. The van der Waals surface area contributed by atoms with Crippen LogP contribution in [-0.2, 0) is 11.3 Å². The molecule has 0 saturated carbocycles. The first-order valence-electron chi connectivity index (χ1n) is 10.1. The number of rotatable bonds is 6. The Bertz CT molecular complexity index is 1190. The second-order valence-electron chi connectivity index (χ2n) is 7.59. The van der Waals surface area contributed by atoms with Crippen LogP contribution >= 0.6 is 0 Å². The van der Waals surface area contributed by atoms with Gasteiger partial charge >= 0.3 is 5.97 Å². The van der Waals surface area contributed by atoms with E-state index in [1.165, 1.54) is 4.68 Å². The molecule has 6 nitrogen and oxygen atoms in total. The van der Waals surface area contributed by atoms with Crippen molar-refractivity contribution in [3.05, 3.63) is 74.7 Å². The van der Waals surface area contributed by atoms with Gasteiger partial charge in [-0.1, -0.05) is 31.2 Å². The predicted molar refractivity (Wildman–Crippen MR) is 116 cm³/mol. The van der Waals surface area contributed by atoms with E-state index >= 15 is 0 Å². The van der Waals surface area contributed by atoms with Crippen molar-refractivity contribution >= 4 is 22.5 Å². The maximum Gasteiger partial charge on any atom is 0.360 e. The van der Waals surface area contributed by atoms with Gasteiger partial charge in [-0.3, -0.25) is 9.59 Å². The topological polar surface area (TPSA) is 78.3 Å². The summed E-state index contributed by atoms with van der Waals surface area (Å²) in [5.74, 6) is -0.992. The summed E-state index contributed by atoms with van der Waals surface area (Å²) in [4.78, 5) is 38.5. The first kappa shape index (κ1) is 21.4. The Morgan fingerprint density at radius 2 is 1.67 bits per heavy atom. The Balaban J connectivity index is 1.95. The van der Waals surface area contributed by atoms with E-state index in [-0.39, 0.29) is 17.0 Å². The monoisotopic (exact) mass is 406 g/mol. The number of ketones is 1. The zero-order chi connectivity index (χ0) is 22.0. The Hall–Kier alpha value is -3.28. The number of Topliss-reactive ketones (excluding diaryl/α,β-unsaturated/α-hetero) is 1. The Morgan fingerprint density at radius 3 is 2.33 bits per heavy atom. The van der Waals surface area contributed by atoms with Gasteiger partial charge in [-0.05, 0) is 62.9 Å². The number of carbonyl (C=O) groups excluding carboxylic acids is 2. The van der Waals surface area contributed by atoms with Gasteiger partial charge in [0.15, 0.2) is 11.8 Å². The summed E-state index contributed by atoms with van der Waals surface area (Å²) in [7, 11) is 0. The maximum atomic E-state index is 12.9. The molecule has 30 heavy (non-hydrogen) atoms. The third-order valence-electron chi connectivity index (χ3n) is 5.26. The lowest BCUT2D eigenvalue weighted by molar-refractivity contribution is 0.0312. The summed E-state index contributed by atoms with van der Waals surface area (Å²) in [5, 5.41) is 5.06. The number of carbonyl (C=O) groups is 2. The summed E-state index contributed by atoms with van der Waals surface area (Å²) < 4.78 is 6.77. The molecule has 0 N–H and O–H groups in total. The zero-order valence-corrected chi connectivity index (χ0v) is 18.0. The molecule has 3 rings (SSSR count). The highest BCUT2D eigenvalue weighted by Gasteiger charge is 2.25. The van der Waals surface area contributed by atoms with E-state index in [9.17, 15) is 14.4 Å². The lowest BCUT2D eigenvalue weighted by Gasteiger charge is -2.16. The van der Waals surface area contributed by atoms with Gasteiger partial charge in [0, 0.05) is 17.5 Å². The van der Waals surface area contributed by atoms with E-state index < -0.39 is 12.1 Å². The molecule has 156 valence electrons. The second kappa shape index (κ2) is 8.61. The lowest BCUT2D eigenvalue weighted by atomic mass is 9.96. The molecule has 1 aromatic heterocycles. The van der Waals surface area contributed by atoms with Crippen molar-refractivity contribution in [1.29, 1.82) is 0 Å². The van der Waals surface area contributed by atoms with E-state index in [1.807, 2.05) is 39.8 Å². The number of ether oxygens (including phenoxy) is 1. The number of aryl methyl sites for hydroxylation is 4. The van der Waals surface area contributed by atoms with Gasteiger partial charge < -0.3 is 4.74 Å². The van der Waals surface area contributed by atoms with Crippen molar-refractivity contribution in [3.63, 3.8) is 0 Å². The lowest BCUT2D eigenvalue weighted by Crippen LogP contribution is -2.29. The minimum atomic E-state index is -0.981. The van der Waals surface area contributed by atoms with Crippen LogP contribution in [0.5, 0.6) is 0 Å². The smallest absolute Gasteiger partial charge is 0.360 e. The third kappa shape index (κ3) is 4.03. The maximum absolute atomic E-state index is 12.9. The molecule has 0 bridgehead atoms. The highest BCUT2D eigenvalue weighted by molar-refractivity contribution is 6.05. The second-order valence-corrected chi connectivity index (χ2v) is 7.59. The fraction of sp³-hybridized carbons (Fsp3) is 0.333. The fourth-order valence-corrected chi connectivity index (χ4v) is 3.46. The molecule has 0 radical (unpaired) electrons. The van der Waals surface area contributed by atoms with Crippen molar-refractivity contribution < 1.29 is 14.3 Å². The van der Waals surface area contributed by atoms with Crippen LogP contribution in [0.3, 0.4) is 0 Å². The van der Waals surface area contributed by atoms with Gasteiger partial charge in [0.05, 0.1) is 5.39 Å². The van der Waals surface area contributed by atoms with E-state index in [4.69, 9.17) is 4.74 Å². The van der Waals surface area contributed by atoms with Gasteiger partial charge in [-0.15, -0.1) is 0 Å². The highest BCUT2D eigenvalue weighted by Crippen LogP contribution is 2.20. The van der Waals surface area contributed by atoms with Gasteiger partial charge in [0.1, 0.15) is 0 Å². The Kier molecular flexibility index (Phi) is 6.15. The van der Waals surface area contributed by atoms with Gasteiger partial charge in [-0.2, -0.15) is 5.10 Å². The van der Waals surface area contributed by atoms with E-state index in [0.29, 0.717) is 29.3 Å². The minimum Gasteiger partial charge on any atom is -0.449 e. The van der Waals surface area contributed by atoms with E-state index in [1.54, 1.807) is 31.2 Å². The molecule has 3 aromatic rings. The van der Waals surface area contributed by atoms with Crippen molar-refractivity contribution in [2.75, 3.05) is 0 Å². The van der Waals surface area contributed by atoms with Crippen LogP contribution in [-0.4, -0.2) is 27.6 Å². The SMILES string of the molecule is CCCn1nc(C(=O)OC(C)C(=O)c2cc(C)c(C)cc2C)c2ccccc2c1=O. The third-order valence-corrected chi connectivity index (χ3v) is 5.26. The molecule has 0 fully saturated rings. The first-order chi connectivity index (χ1) is 14.2. The number of hydrogen-bond donors (Lipinski definition) is 0. The van der Waals surface area contributed by atoms with Crippen LogP contribution < -0.4 is 5.56 Å². The van der Waals surface area contributed by atoms with Crippen molar-refractivity contribution in [3.8, 4) is 0 Å². The molecule has 0 saturated heterocycles. The van der Waals surface area contributed by atoms with Gasteiger partial charge in [-0.25, -0.2) is 9.48 Å². The summed E-state index contributed by atoms with van der Waals surface area (Å²) >= 11 is 0. The number of hydrogen-bond acceptors (Lipinski definition) is 5. The van der Waals surface area contributed by atoms with E-state index in [2.05, 4.69) is 5.10 Å². The molecule has 1 unspecified atom stereocenters. The van der Waals surface area contributed by atoms with Crippen molar-refractivity contribution in [1.82, 2.24) is 9.78 Å². The Morgan fingerprint density at radius 1 is 1.03 bits per heavy atom. The average molecular weight is 406 g/mol. The average Bonchev–Trinajstić information content (AvgIpc) is 2.72. The molecule has 2 aromatic carbocycles. The fourth-order valence-electron chi connectivity index (χ4n) is 3.46. The van der Waals surface area contributed by atoms with Gasteiger partial charge in [0.2, 0.25) is 5.78 Å². The molecular weight excluding hydrogens is 380 g/mol.